The normalized spacial score (nSPS) is 25.6. The van der Waals surface area contributed by atoms with E-state index in [0.29, 0.717) is 17.6 Å². The molecule has 106 valence electrons. The van der Waals surface area contributed by atoms with Crippen LogP contribution in [-0.4, -0.2) is 53.1 Å². The van der Waals surface area contributed by atoms with E-state index in [4.69, 9.17) is 11.6 Å². The quantitative estimate of drug-likeness (QED) is 0.833. The van der Waals surface area contributed by atoms with Gasteiger partial charge in [-0.1, -0.05) is 11.6 Å². The van der Waals surface area contributed by atoms with Crippen molar-refractivity contribution in [3.8, 4) is 0 Å². The maximum Gasteiger partial charge on any atom is 0.317 e. The number of hydrogen-bond donors (Lipinski definition) is 1. The second-order valence-corrected chi connectivity index (χ2v) is 6.05. The molecule has 6 nitrogen and oxygen atoms in total. The third kappa shape index (κ3) is 2.08. The summed E-state index contributed by atoms with van der Waals surface area (Å²) in [5.41, 5.74) is 0. The molecule has 20 heavy (non-hydrogen) atoms. The SMILES string of the molecule is O=C1NCC2CN(c3cc(Cl)nc(C4CC4)n3)CCN12. The Morgan fingerprint density at radius 3 is 2.95 bits per heavy atom. The van der Waals surface area contributed by atoms with Crippen LogP contribution >= 0.6 is 11.6 Å². The first kappa shape index (κ1) is 12.2. The summed E-state index contributed by atoms with van der Waals surface area (Å²) in [4.78, 5) is 24.7. The molecular formula is C13H16ClN5O. The lowest BCUT2D eigenvalue weighted by Crippen LogP contribution is -2.52. The van der Waals surface area contributed by atoms with Gasteiger partial charge in [0, 0.05) is 38.2 Å². The summed E-state index contributed by atoms with van der Waals surface area (Å²) >= 11 is 6.12. The van der Waals surface area contributed by atoms with Crippen LogP contribution in [0.4, 0.5) is 10.6 Å². The molecule has 0 radical (unpaired) electrons. The number of amides is 2. The molecule has 1 aromatic rings. The van der Waals surface area contributed by atoms with Crippen LogP contribution in [0.15, 0.2) is 6.07 Å². The molecular weight excluding hydrogens is 278 g/mol. The molecule has 1 unspecified atom stereocenters. The second kappa shape index (κ2) is 4.48. The van der Waals surface area contributed by atoms with Crippen LogP contribution in [0.3, 0.4) is 0 Å². The Labute approximate surface area is 122 Å². The van der Waals surface area contributed by atoms with Gasteiger partial charge in [0.15, 0.2) is 0 Å². The average molecular weight is 294 g/mol. The number of halogens is 1. The molecule has 3 fully saturated rings. The zero-order chi connectivity index (χ0) is 13.7. The number of carbonyl (C=O) groups excluding carboxylic acids is 1. The number of urea groups is 1. The van der Waals surface area contributed by atoms with Crippen molar-refractivity contribution >= 4 is 23.4 Å². The van der Waals surface area contributed by atoms with Crippen LogP contribution in [0, 0.1) is 0 Å². The van der Waals surface area contributed by atoms with Crippen LogP contribution < -0.4 is 10.2 Å². The molecule has 2 amide bonds. The van der Waals surface area contributed by atoms with Crippen LogP contribution in [-0.2, 0) is 0 Å². The third-order valence-corrected chi connectivity index (χ3v) is 4.39. The second-order valence-electron chi connectivity index (χ2n) is 5.66. The average Bonchev–Trinajstić information content (AvgIpc) is 3.23. The van der Waals surface area contributed by atoms with Crippen molar-refractivity contribution in [3.63, 3.8) is 0 Å². The summed E-state index contributed by atoms with van der Waals surface area (Å²) in [6, 6.07) is 2.11. The highest BCUT2D eigenvalue weighted by molar-refractivity contribution is 6.29. The van der Waals surface area contributed by atoms with E-state index in [1.54, 1.807) is 0 Å². The lowest BCUT2D eigenvalue weighted by molar-refractivity contribution is 0.197. The molecule has 1 atom stereocenters. The lowest BCUT2D eigenvalue weighted by atomic mass is 10.2. The minimum atomic E-state index is 0.0500. The van der Waals surface area contributed by atoms with Crippen molar-refractivity contribution < 1.29 is 4.79 Å². The zero-order valence-electron chi connectivity index (χ0n) is 11.0. The number of piperazine rings is 1. The monoisotopic (exact) mass is 293 g/mol. The third-order valence-electron chi connectivity index (χ3n) is 4.20. The van der Waals surface area contributed by atoms with Gasteiger partial charge < -0.3 is 15.1 Å². The van der Waals surface area contributed by atoms with Gasteiger partial charge >= 0.3 is 6.03 Å². The van der Waals surface area contributed by atoms with Gasteiger partial charge in [0.25, 0.3) is 0 Å². The van der Waals surface area contributed by atoms with Crippen LogP contribution in [0.1, 0.15) is 24.6 Å². The molecule has 3 aliphatic rings. The topological polar surface area (TPSA) is 61.4 Å². The van der Waals surface area contributed by atoms with Gasteiger partial charge in [-0.25, -0.2) is 14.8 Å². The predicted octanol–water partition coefficient (Wildman–Crippen LogP) is 1.22. The van der Waals surface area contributed by atoms with Crippen molar-refractivity contribution in [2.75, 3.05) is 31.1 Å². The number of aromatic nitrogens is 2. The van der Waals surface area contributed by atoms with E-state index in [1.807, 2.05) is 11.0 Å². The largest absolute Gasteiger partial charge is 0.353 e. The fraction of sp³-hybridized carbons (Fsp3) is 0.615. The molecule has 2 aliphatic heterocycles. The number of fused-ring (bicyclic) bond motifs is 1. The van der Waals surface area contributed by atoms with E-state index in [1.165, 1.54) is 0 Å². The maximum atomic E-state index is 11.6. The molecule has 0 bridgehead atoms. The highest BCUT2D eigenvalue weighted by atomic mass is 35.5. The molecule has 3 heterocycles. The van der Waals surface area contributed by atoms with Crippen molar-refractivity contribution in [2.24, 2.45) is 0 Å². The molecule has 4 rings (SSSR count). The van der Waals surface area contributed by atoms with Gasteiger partial charge in [0.2, 0.25) is 0 Å². The van der Waals surface area contributed by atoms with E-state index in [0.717, 1.165) is 44.1 Å². The Morgan fingerprint density at radius 1 is 1.30 bits per heavy atom. The number of rotatable bonds is 2. The molecule has 1 N–H and O–H groups in total. The van der Waals surface area contributed by atoms with E-state index in [-0.39, 0.29) is 12.1 Å². The summed E-state index contributed by atoms with van der Waals surface area (Å²) in [6.07, 6.45) is 2.32. The lowest BCUT2D eigenvalue weighted by Gasteiger charge is -2.37. The fourth-order valence-corrected chi connectivity index (χ4v) is 3.11. The van der Waals surface area contributed by atoms with Gasteiger partial charge in [-0.2, -0.15) is 0 Å². The summed E-state index contributed by atoms with van der Waals surface area (Å²) < 4.78 is 0. The van der Waals surface area contributed by atoms with Crippen LogP contribution in [0.2, 0.25) is 5.15 Å². The van der Waals surface area contributed by atoms with Crippen molar-refractivity contribution in [1.29, 1.82) is 0 Å². The number of nitrogens with one attached hydrogen (secondary N) is 1. The minimum absolute atomic E-state index is 0.0500. The predicted molar refractivity (Wildman–Crippen MR) is 75.1 cm³/mol. The fourth-order valence-electron chi connectivity index (χ4n) is 2.92. The zero-order valence-corrected chi connectivity index (χ0v) is 11.8. The van der Waals surface area contributed by atoms with Gasteiger partial charge in [-0.15, -0.1) is 0 Å². The first-order valence-corrected chi connectivity index (χ1v) is 7.42. The highest BCUT2D eigenvalue weighted by Crippen LogP contribution is 2.39. The molecule has 2 saturated heterocycles. The molecule has 0 spiro atoms. The number of carbonyl (C=O) groups is 1. The Morgan fingerprint density at radius 2 is 2.15 bits per heavy atom. The summed E-state index contributed by atoms with van der Waals surface area (Å²) in [6.45, 7) is 3.04. The first-order chi connectivity index (χ1) is 9.70. The number of anilines is 1. The van der Waals surface area contributed by atoms with Crippen molar-refractivity contribution in [2.45, 2.75) is 24.8 Å². The number of hydrogen-bond acceptors (Lipinski definition) is 4. The standard InChI is InChI=1S/C13H16ClN5O/c14-10-5-11(17-12(16-10)8-1-2-8)18-3-4-19-9(7-18)6-15-13(19)20/h5,8-9H,1-4,6-7H2,(H,15,20). The Balaban J connectivity index is 1.57. The molecule has 1 aliphatic carbocycles. The molecule has 0 aromatic carbocycles. The summed E-state index contributed by atoms with van der Waals surface area (Å²) in [5.74, 6) is 2.25. The van der Waals surface area contributed by atoms with Gasteiger partial charge in [-0.05, 0) is 12.8 Å². The molecule has 7 heteroatoms. The van der Waals surface area contributed by atoms with Crippen molar-refractivity contribution in [3.05, 3.63) is 17.0 Å². The first-order valence-electron chi connectivity index (χ1n) is 7.04. The smallest absolute Gasteiger partial charge is 0.317 e. The van der Waals surface area contributed by atoms with Crippen molar-refractivity contribution in [1.82, 2.24) is 20.2 Å². The molecule has 1 aromatic heterocycles. The van der Waals surface area contributed by atoms with E-state index in [9.17, 15) is 4.79 Å². The van der Waals surface area contributed by atoms with Crippen LogP contribution in [0.25, 0.3) is 0 Å². The Hall–Kier alpha value is -1.56. The maximum absolute atomic E-state index is 11.6. The van der Waals surface area contributed by atoms with Crippen LogP contribution in [0.5, 0.6) is 0 Å². The minimum Gasteiger partial charge on any atom is -0.353 e. The summed E-state index contributed by atoms with van der Waals surface area (Å²) in [7, 11) is 0. The Bertz CT molecular complexity index is 562. The van der Waals surface area contributed by atoms with Gasteiger partial charge in [0.05, 0.1) is 6.04 Å². The summed E-state index contributed by atoms with van der Waals surface area (Å²) in [5, 5.41) is 3.40. The number of nitrogens with zero attached hydrogens (tertiary/aromatic N) is 4. The van der Waals surface area contributed by atoms with E-state index in [2.05, 4.69) is 20.2 Å². The Kier molecular flexibility index (Phi) is 2.73. The van der Waals surface area contributed by atoms with E-state index < -0.39 is 0 Å². The van der Waals surface area contributed by atoms with E-state index >= 15 is 0 Å². The van der Waals surface area contributed by atoms with Gasteiger partial charge in [0.1, 0.15) is 16.8 Å². The van der Waals surface area contributed by atoms with Gasteiger partial charge in [-0.3, -0.25) is 0 Å². The highest BCUT2D eigenvalue weighted by Gasteiger charge is 2.36. The molecule has 1 saturated carbocycles.